The lowest BCUT2D eigenvalue weighted by molar-refractivity contribution is -0.119. The van der Waals surface area contributed by atoms with Crippen LogP contribution in [0.1, 0.15) is 18.9 Å². The predicted molar refractivity (Wildman–Crippen MR) is 128 cm³/mol. The summed E-state index contributed by atoms with van der Waals surface area (Å²) in [4.78, 5) is 12.6. The normalized spacial score (nSPS) is 11.8. The summed E-state index contributed by atoms with van der Waals surface area (Å²) in [5, 5.41) is 4.55. The van der Waals surface area contributed by atoms with Gasteiger partial charge >= 0.3 is 0 Å². The van der Waals surface area contributed by atoms with Crippen molar-refractivity contribution in [2.75, 3.05) is 10.8 Å². The summed E-state index contributed by atoms with van der Waals surface area (Å²) < 4.78 is 27.5. The molecule has 3 aromatic rings. The summed E-state index contributed by atoms with van der Waals surface area (Å²) in [5.41, 5.74) is 4.77. The molecule has 166 valence electrons. The molecule has 0 aliphatic carbocycles. The molecule has 0 atom stereocenters. The third kappa shape index (κ3) is 6.42. The van der Waals surface area contributed by atoms with Gasteiger partial charge < -0.3 is 0 Å². The van der Waals surface area contributed by atoms with Gasteiger partial charge in [-0.3, -0.25) is 9.10 Å². The standard InChI is InChI=1S/C24H24ClN3O3S/c1-19(12-13-20-8-4-2-5-9-20)26-27-24(29)18-28(22-10-6-3-7-11-22)32(30,31)23-16-14-21(25)15-17-23/h2-11,14-17H,12-13,18H2,1H3,(H,27,29)/b26-19-. The number of para-hydroxylation sites is 1. The molecule has 8 heteroatoms. The molecule has 0 fully saturated rings. The SMILES string of the molecule is C/C(CCc1ccccc1)=N/NC(=O)CN(c1ccccc1)S(=O)(=O)c1ccc(Cl)cc1. The average molecular weight is 470 g/mol. The van der Waals surface area contributed by atoms with E-state index in [0.717, 1.165) is 16.4 Å². The number of hydrogen-bond donors (Lipinski definition) is 1. The Morgan fingerprint density at radius 1 is 0.938 bits per heavy atom. The van der Waals surface area contributed by atoms with Crippen molar-refractivity contribution in [2.24, 2.45) is 5.10 Å². The second kappa shape index (κ2) is 10.9. The number of carbonyl (C=O) groups excluding carboxylic acids is 1. The average Bonchev–Trinajstić information content (AvgIpc) is 2.81. The minimum atomic E-state index is -3.99. The molecule has 0 aromatic heterocycles. The van der Waals surface area contributed by atoms with E-state index in [4.69, 9.17) is 11.6 Å². The number of hydrazone groups is 1. The number of anilines is 1. The van der Waals surface area contributed by atoms with Gasteiger partial charge in [-0.25, -0.2) is 13.8 Å². The van der Waals surface area contributed by atoms with E-state index in [2.05, 4.69) is 10.5 Å². The molecule has 0 heterocycles. The molecular weight excluding hydrogens is 446 g/mol. The summed E-state index contributed by atoms with van der Waals surface area (Å²) in [7, 11) is -3.99. The molecule has 0 radical (unpaired) electrons. The second-order valence-electron chi connectivity index (χ2n) is 7.17. The van der Waals surface area contributed by atoms with Gasteiger partial charge in [0.15, 0.2) is 0 Å². The Morgan fingerprint density at radius 2 is 1.53 bits per heavy atom. The van der Waals surface area contributed by atoms with Crippen LogP contribution in [0.4, 0.5) is 5.69 Å². The van der Waals surface area contributed by atoms with Gasteiger partial charge in [0.05, 0.1) is 10.6 Å². The Bertz CT molecular complexity index is 1170. The van der Waals surface area contributed by atoms with Crippen LogP contribution in [-0.4, -0.2) is 26.6 Å². The Balaban J connectivity index is 1.72. The highest BCUT2D eigenvalue weighted by Gasteiger charge is 2.27. The number of aryl methyl sites for hydroxylation is 1. The zero-order valence-corrected chi connectivity index (χ0v) is 19.2. The Morgan fingerprint density at radius 3 is 2.16 bits per heavy atom. The third-order valence-electron chi connectivity index (χ3n) is 4.72. The maximum atomic E-state index is 13.2. The summed E-state index contributed by atoms with van der Waals surface area (Å²) in [5.74, 6) is -0.537. The van der Waals surface area contributed by atoms with Crippen LogP contribution in [0, 0.1) is 0 Å². The highest BCUT2D eigenvalue weighted by Crippen LogP contribution is 2.24. The van der Waals surface area contributed by atoms with Gasteiger partial charge in [-0.05, 0) is 61.7 Å². The Kier molecular flexibility index (Phi) is 8.03. The van der Waals surface area contributed by atoms with Crippen LogP contribution in [0.3, 0.4) is 0 Å². The lowest BCUT2D eigenvalue weighted by Crippen LogP contribution is -2.39. The van der Waals surface area contributed by atoms with E-state index in [1.807, 2.05) is 37.3 Å². The molecule has 0 aliphatic rings. The van der Waals surface area contributed by atoms with E-state index in [-0.39, 0.29) is 4.90 Å². The van der Waals surface area contributed by atoms with Gasteiger partial charge in [-0.15, -0.1) is 0 Å². The van der Waals surface area contributed by atoms with Crippen molar-refractivity contribution < 1.29 is 13.2 Å². The number of halogens is 1. The highest BCUT2D eigenvalue weighted by atomic mass is 35.5. The zero-order chi connectivity index (χ0) is 23.0. The molecule has 6 nitrogen and oxygen atoms in total. The lowest BCUT2D eigenvalue weighted by atomic mass is 10.1. The van der Waals surface area contributed by atoms with Crippen molar-refractivity contribution in [3.8, 4) is 0 Å². The molecule has 1 amide bonds. The molecule has 0 bridgehead atoms. The van der Waals surface area contributed by atoms with Gasteiger partial charge in [-0.1, -0.05) is 60.1 Å². The summed E-state index contributed by atoms with van der Waals surface area (Å²) in [6.07, 6.45) is 1.48. The van der Waals surface area contributed by atoms with Crippen LogP contribution >= 0.6 is 11.6 Å². The van der Waals surface area contributed by atoms with Gasteiger partial charge in [-0.2, -0.15) is 5.10 Å². The minimum absolute atomic E-state index is 0.0427. The van der Waals surface area contributed by atoms with Crippen LogP contribution in [0.25, 0.3) is 0 Å². The maximum Gasteiger partial charge on any atom is 0.264 e. The first-order valence-corrected chi connectivity index (χ1v) is 11.9. The lowest BCUT2D eigenvalue weighted by Gasteiger charge is -2.23. The molecule has 0 aliphatic heterocycles. The minimum Gasteiger partial charge on any atom is -0.271 e. The number of hydrogen-bond acceptors (Lipinski definition) is 4. The first-order valence-electron chi connectivity index (χ1n) is 10.1. The first-order chi connectivity index (χ1) is 15.4. The summed E-state index contributed by atoms with van der Waals surface area (Å²) >= 11 is 5.89. The van der Waals surface area contributed by atoms with Crippen molar-refractivity contribution in [1.82, 2.24) is 5.43 Å². The number of sulfonamides is 1. The highest BCUT2D eigenvalue weighted by molar-refractivity contribution is 7.92. The topological polar surface area (TPSA) is 78.8 Å². The van der Waals surface area contributed by atoms with E-state index in [1.165, 1.54) is 29.8 Å². The molecule has 0 spiro atoms. The number of benzene rings is 3. The molecule has 0 unspecified atom stereocenters. The van der Waals surface area contributed by atoms with Crippen molar-refractivity contribution in [3.63, 3.8) is 0 Å². The Hall–Kier alpha value is -3.16. The molecule has 3 aromatic carbocycles. The number of nitrogens with one attached hydrogen (secondary N) is 1. The van der Waals surface area contributed by atoms with Gasteiger partial charge in [0, 0.05) is 10.7 Å². The van der Waals surface area contributed by atoms with E-state index < -0.39 is 22.5 Å². The van der Waals surface area contributed by atoms with Crippen LogP contribution in [0.2, 0.25) is 5.02 Å². The maximum absolute atomic E-state index is 13.2. The Labute approximate surface area is 193 Å². The van der Waals surface area contributed by atoms with E-state index in [9.17, 15) is 13.2 Å². The molecular formula is C24H24ClN3O3S. The van der Waals surface area contributed by atoms with Crippen LogP contribution < -0.4 is 9.73 Å². The van der Waals surface area contributed by atoms with Crippen LogP contribution in [-0.2, 0) is 21.2 Å². The predicted octanol–water partition coefficient (Wildman–Crippen LogP) is 4.66. The largest absolute Gasteiger partial charge is 0.271 e. The van der Waals surface area contributed by atoms with E-state index >= 15 is 0 Å². The molecule has 0 saturated carbocycles. The molecule has 1 N–H and O–H groups in total. The van der Waals surface area contributed by atoms with Crippen molar-refractivity contribution in [1.29, 1.82) is 0 Å². The van der Waals surface area contributed by atoms with Gasteiger partial charge in [0.1, 0.15) is 6.54 Å². The number of carbonyl (C=O) groups is 1. The van der Waals surface area contributed by atoms with Crippen molar-refractivity contribution in [3.05, 3.63) is 95.5 Å². The fraction of sp³-hybridized carbons (Fsp3) is 0.167. The van der Waals surface area contributed by atoms with Crippen molar-refractivity contribution in [2.45, 2.75) is 24.7 Å². The van der Waals surface area contributed by atoms with Gasteiger partial charge in [0.25, 0.3) is 15.9 Å². The zero-order valence-electron chi connectivity index (χ0n) is 17.6. The first kappa shape index (κ1) is 23.5. The number of rotatable bonds is 9. The monoisotopic (exact) mass is 469 g/mol. The molecule has 32 heavy (non-hydrogen) atoms. The third-order valence-corrected chi connectivity index (χ3v) is 6.76. The van der Waals surface area contributed by atoms with Crippen molar-refractivity contribution >= 4 is 38.9 Å². The fourth-order valence-electron chi connectivity index (χ4n) is 2.99. The van der Waals surface area contributed by atoms with Crippen LogP contribution in [0.15, 0.2) is 94.9 Å². The quantitative estimate of drug-likeness (QED) is 0.365. The van der Waals surface area contributed by atoms with E-state index in [0.29, 0.717) is 17.1 Å². The summed E-state index contributed by atoms with van der Waals surface area (Å²) in [6, 6.07) is 24.3. The van der Waals surface area contributed by atoms with E-state index in [1.54, 1.807) is 30.3 Å². The smallest absolute Gasteiger partial charge is 0.264 e. The fourth-order valence-corrected chi connectivity index (χ4v) is 4.54. The second-order valence-corrected chi connectivity index (χ2v) is 9.47. The summed E-state index contributed by atoms with van der Waals surface area (Å²) in [6.45, 7) is 1.41. The molecule has 0 saturated heterocycles. The van der Waals surface area contributed by atoms with Crippen LogP contribution in [0.5, 0.6) is 0 Å². The molecule has 3 rings (SSSR count). The number of amides is 1. The van der Waals surface area contributed by atoms with Gasteiger partial charge in [0.2, 0.25) is 0 Å². The number of nitrogens with zero attached hydrogens (tertiary/aromatic N) is 2.